The van der Waals surface area contributed by atoms with Gasteiger partial charge in [-0.05, 0) is 38.0 Å². The van der Waals surface area contributed by atoms with Gasteiger partial charge in [-0.2, -0.15) is 5.10 Å². The minimum atomic E-state index is -0.153. The van der Waals surface area contributed by atoms with Crippen molar-refractivity contribution in [3.8, 4) is 0 Å². The highest BCUT2D eigenvalue weighted by Crippen LogP contribution is 2.39. The maximum atomic E-state index is 12.1. The van der Waals surface area contributed by atoms with Crippen LogP contribution in [0.4, 0.5) is 0 Å². The Balaban J connectivity index is 1.66. The van der Waals surface area contributed by atoms with Crippen LogP contribution in [-0.2, 0) is 0 Å². The van der Waals surface area contributed by atoms with Crippen molar-refractivity contribution in [3.63, 3.8) is 0 Å². The SMILES string of the molecule is C[C@H](NC(=O)c1cc(C2CC2)[nH]n1)c1ccc(Cl)s1. The van der Waals surface area contributed by atoms with Crippen LogP contribution in [0, 0.1) is 0 Å². The standard InChI is InChI=1S/C13H14ClN3OS/c1-7(11-4-5-12(14)19-11)15-13(18)10-6-9(16-17-10)8-2-3-8/h4-8H,2-3H2,1H3,(H,15,18)(H,16,17)/t7-/m0/s1. The second kappa shape index (κ2) is 4.98. The molecule has 3 rings (SSSR count). The summed E-state index contributed by atoms with van der Waals surface area (Å²) < 4.78 is 0.729. The Labute approximate surface area is 120 Å². The smallest absolute Gasteiger partial charge is 0.272 e. The minimum absolute atomic E-state index is 0.0638. The lowest BCUT2D eigenvalue weighted by molar-refractivity contribution is 0.0935. The van der Waals surface area contributed by atoms with Crippen LogP contribution in [0.3, 0.4) is 0 Å². The molecule has 6 heteroatoms. The van der Waals surface area contributed by atoms with Crippen LogP contribution >= 0.6 is 22.9 Å². The van der Waals surface area contributed by atoms with E-state index in [0.717, 1.165) is 14.9 Å². The van der Waals surface area contributed by atoms with Crippen molar-refractivity contribution in [1.29, 1.82) is 0 Å². The number of halogens is 1. The number of rotatable bonds is 4. The van der Waals surface area contributed by atoms with Gasteiger partial charge >= 0.3 is 0 Å². The summed E-state index contributed by atoms with van der Waals surface area (Å²) in [4.78, 5) is 13.1. The molecule has 1 saturated carbocycles. The van der Waals surface area contributed by atoms with E-state index >= 15 is 0 Å². The van der Waals surface area contributed by atoms with Crippen LogP contribution in [0.1, 0.15) is 52.8 Å². The van der Waals surface area contributed by atoms with E-state index in [0.29, 0.717) is 11.6 Å². The molecule has 0 aromatic carbocycles. The van der Waals surface area contributed by atoms with E-state index < -0.39 is 0 Å². The van der Waals surface area contributed by atoms with E-state index in [1.165, 1.54) is 24.2 Å². The fourth-order valence-corrected chi connectivity index (χ4v) is 3.02. The summed E-state index contributed by atoms with van der Waals surface area (Å²) in [7, 11) is 0. The molecule has 0 aliphatic heterocycles. The number of carbonyl (C=O) groups is 1. The van der Waals surface area contributed by atoms with Crippen molar-refractivity contribution in [2.45, 2.75) is 31.7 Å². The fourth-order valence-electron chi connectivity index (χ4n) is 1.96. The van der Waals surface area contributed by atoms with Crippen molar-refractivity contribution in [2.24, 2.45) is 0 Å². The number of H-pyrrole nitrogens is 1. The Bertz CT molecular complexity index is 603. The number of amides is 1. The number of carbonyl (C=O) groups excluding carboxylic acids is 1. The van der Waals surface area contributed by atoms with Gasteiger partial charge in [-0.25, -0.2) is 0 Å². The Morgan fingerprint density at radius 1 is 1.58 bits per heavy atom. The molecule has 1 aliphatic rings. The van der Waals surface area contributed by atoms with Gasteiger partial charge in [-0.15, -0.1) is 11.3 Å². The number of nitrogens with one attached hydrogen (secondary N) is 2. The molecule has 0 bridgehead atoms. The highest BCUT2D eigenvalue weighted by molar-refractivity contribution is 7.16. The van der Waals surface area contributed by atoms with E-state index in [1.54, 1.807) is 0 Å². The zero-order chi connectivity index (χ0) is 13.4. The third kappa shape index (κ3) is 2.82. The molecule has 2 N–H and O–H groups in total. The molecule has 1 atom stereocenters. The average Bonchev–Trinajstić information content (AvgIpc) is 2.94. The topological polar surface area (TPSA) is 57.8 Å². The number of hydrogen-bond acceptors (Lipinski definition) is 3. The Kier molecular flexibility index (Phi) is 3.33. The number of nitrogens with zero attached hydrogens (tertiary/aromatic N) is 1. The summed E-state index contributed by atoms with van der Waals surface area (Å²) in [5.74, 6) is 0.419. The van der Waals surface area contributed by atoms with Crippen LogP contribution in [0.15, 0.2) is 18.2 Å². The van der Waals surface area contributed by atoms with Gasteiger partial charge in [-0.3, -0.25) is 9.89 Å². The average molecular weight is 296 g/mol. The largest absolute Gasteiger partial charge is 0.343 e. The first-order valence-electron chi connectivity index (χ1n) is 6.25. The maximum absolute atomic E-state index is 12.1. The normalized spacial score (nSPS) is 16.3. The summed E-state index contributed by atoms with van der Waals surface area (Å²) >= 11 is 7.37. The molecule has 2 aromatic rings. The monoisotopic (exact) mass is 295 g/mol. The van der Waals surface area contributed by atoms with Crippen molar-refractivity contribution in [3.05, 3.63) is 38.8 Å². The maximum Gasteiger partial charge on any atom is 0.272 e. The zero-order valence-electron chi connectivity index (χ0n) is 10.4. The summed E-state index contributed by atoms with van der Waals surface area (Å²) in [6, 6.07) is 5.55. The summed E-state index contributed by atoms with van der Waals surface area (Å²) in [6.45, 7) is 1.94. The van der Waals surface area contributed by atoms with E-state index in [2.05, 4.69) is 15.5 Å². The number of aromatic nitrogens is 2. The zero-order valence-corrected chi connectivity index (χ0v) is 12.0. The summed E-state index contributed by atoms with van der Waals surface area (Å²) in [5, 5.41) is 9.93. The highest BCUT2D eigenvalue weighted by Gasteiger charge is 2.26. The third-order valence-electron chi connectivity index (χ3n) is 3.22. The quantitative estimate of drug-likeness (QED) is 0.907. The van der Waals surface area contributed by atoms with Crippen LogP contribution in [0.25, 0.3) is 0 Å². The second-order valence-electron chi connectivity index (χ2n) is 4.82. The van der Waals surface area contributed by atoms with Gasteiger partial charge in [0.25, 0.3) is 5.91 Å². The highest BCUT2D eigenvalue weighted by atomic mass is 35.5. The molecule has 1 amide bonds. The Morgan fingerprint density at radius 3 is 3.00 bits per heavy atom. The lowest BCUT2D eigenvalue weighted by Crippen LogP contribution is -2.26. The number of aromatic amines is 1. The lowest BCUT2D eigenvalue weighted by atomic mass is 10.2. The van der Waals surface area contributed by atoms with Gasteiger partial charge in [0, 0.05) is 16.5 Å². The lowest BCUT2D eigenvalue weighted by Gasteiger charge is -2.10. The molecule has 2 heterocycles. The number of thiophene rings is 1. The molecule has 1 aliphatic carbocycles. The number of hydrogen-bond donors (Lipinski definition) is 2. The van der Waals surface area contributed by atoms with E-state index in [9.17, 15) is 4.79 Å². The molecule has 100 valence electrons. The molecule has 0 spiro atoms. The fraction of sp³-hybridized carbons (Fsp3) is 0.385. The molecule has 4 nitrogen and oxygen atoms in total. The van der Waals surface area contributed by atoms with E-state index in [-0.39, 0.29) is 11.9 Å². The van der Waals surface area contributed by atoms with E-state index in [1.807, 2.05) is 25.1 Å². The minimum Gasteiger partial charge on any atom is -0.343 e. The molecular formula is C13H14ClN3OS. The molecule has 0 saturated heterocycles. The molecule has 1 fully saturated rings. The summed E-state index contributed by atoms with van der Waals surface area (Å²) in [6.07, 6.45) is 2.38. The van der Waals surface area contributed by atoms with Crippen molar-refractivity contribution in [2.75, 3.05) is 0 Å². The molecule has 0 unspecified atom stereocenters. The third-order valence-corrected chi connectivity index (χ3v) is 4.63. The second-order valence-corrected chi connectivity index (χ2v) is 6.57. The molecule has 19 heavy (non-hydrogen) atoms. The van der Waals surface area contributed by atoms with Crippen molar-refractivity contribution >= 4 is 28.8 Å². The molecular weight excluding hydrogens is 282 g/mol. The van der Waals surface area contributed by atoms with Crippen LogP contribution in [-0.4, -0.2) is 16.1 Å². The van der Waals surface area contributed by atoms with E-state index in [4.69, 9.17) is 11.6 Å². The van der Waals surface area contributed by atoms with Crippen LogP contribution in [0.5, 0.6) is 0 Å². The van der Waals surface area contributed by atoms with Crippen molar-refractivity contribution in [1.82, 2.24) is 15.5 Å². The van der Waals surface area contributed by atoms with Gasteiger partial charge in [0.15, 0.2) is 0 Å². The van der Waals surface area contributed by atoms with Gasteiger partial charge in [0.05, 0.1) is 10.4 Å². The van der Waals surface area contributed by atoms with Crippen molar-refractivity contribution < 1.29 is 4.79 Å². The van der Waals surface area contributed by atoms with Gasteiger partial charge in [-0.1, -0.05) is 11.6 Å². The van der Waals surface area contributed by atoms with Gasteiger partial charge in [0.2, 0.25) is 0 Å². The first-order chi connectivity index (χ1) is 9.13. The van der Waals surface area contributed by atoms with Crippen LogP contribution < -0.4 is 5.32 Å². The summed E-state index contributed by atoms with van der Waals surface area (Å²) in [5.41, 5.74) is 1.52. The predicted octanol–water partition coefficient (Wildman–Crippen LogP) is 3.49. The Morgan fingerprint density at radius 2 is 2.37 bits per heavy atom. The van der Waals surface area contributed by atoms with Gasteiger partial charge in [0.1, 0.15) is 5.69 Å². The molecule has 0 radical (unpaired) electrons. The molecule has 2 aromatic heterocycles. The first-order valence-corrected chi connectivity index (χ1v) is 7.44. The van der Waals surface area contributed by atoms with Crippen LogP contribution in [0.2, 0.25) is 4.34 Å². The van der Waals surface area contributed by atoms with Gasteiger partial charge < -0.3 is 5.32 Å². The first kappa shape index (κ1) is 12.7. The Hall–Kier alpha value is -1.33. The predicted molar refractivity (Wildman–Crippen MR) is 75.8 cm³/mol.